The molecule has 0 radical (unpaired) electrons. The van der Waals surface area contributed by atoms with Crippen molar-refractivity contribution in [2.45, 2.75) is 12.7 Å². The number of nitrogens with one attached hydrogen (secondary N) is 1. The first-order valence-corrected chi connectivity index (χ1v) is 10.2. The van der Waals surface area contributed by atoms with Crippen molar-refractivity contribution < 1.29 is 13.5 Å². The van der Waals surface area contributed by atoms with E-state index < -0.39 is 12.7 Å². The lowest BCUT2D eigenvalue weighted by Crippen LogP contribution is -2.54. The second kappa shape index (κ2) is 8.05. The van der Waals surface area contributed by atoms with Gasteiger partial charge in [0.25, 0.3) is 6.43 Å². The monoisotopic (exact) mass is 432 g/mol. The minimum atomic E-state index is -2.77. The summed E-state index contributed by atoms with van der Waals surface area (Å²) in [5.74, 6) is -0.0574. The molecule has 1 atom stereocenters. The van der Waals surface area contributed by atoms with E-state index in [0.717, 1.165) is 5.00 Å². The van der Waals surface area contributed by atoms with Gasteiger partial charge in [0.05, 0.1) is 36.0 Å². The van der Waals surface area contributed by atoms with Crippen LogP contribution in [0.5, 0.6) is 0 Å². The molecule has 4 heterocycles. The number of alkyl halides is 2. The number of hydrogen-bond acceptors (Lipinski definition) is 9. The average Bonchev–Trinajstić information content (AvgIpc) is 3.42. The number of aliphatic imine (C=N–C) groups is 2. The maximum atomic E-state index is 13.9. The lowest BCUT2D eigenvalue weighted by atomic mass is 10.3. The molecule has 5 rings (SSSR count). The Labute approximate surface area is 174 Å². The quantitative estimate of drug-likeness (QED) is 0.683. The summed E-state index contributed by atoms with van der Waals surface area (Å²) in [4.78, 5) is 17.3. The Bertz CT molecular complexity index is 1080. The first-order chi connectivity index (χ1) is 14.7. The predicted molar refractivity (Wildman–Crippen MR) is 110 cm³/mol. The normalized spacial score (nSPS) is 20.2. The minimum Gasteiger partial charge on any atom is -0.379 e. The maximum Gasteiger partial charge on any atom is 0.296 e. The van der Waals surface area contributed by atoms with Gasteiger partial charge in [0.2, 0.25) is 12.2 Å². The third-order valence-electron chi connectivity index (χ3n) is 4.74. The van der Waals surface area contributed by atoms with E-state index in [4.69, 9.17) is 4.74 Å². The molecule has 3 aromatic rings. The van der Waals surface area contributed by atoms with Gasteiger partial charge in [-0.1, -0.05) is 12.1 Å². The van der Waals surface area contributed by atoms with Gasteiger partial charge in [-0.15, -0.1) is 11.3 Å². The van der Waals surface area contributed by atoms with Crippen molar-refractivity contribution in [3.05, 3.63) is 41.8 Å². The van der Waals surface area contributed by atoms with Gasteiger partial charge in [-0.05, 0) is 12.1 Å². The van der Waals surface area contributed by atoms with E-state index >= 15 is 0 Å². The molecule has 2 aliphatic heterocycles. The lowest BCUT2D eigenvalue weighted by Gasteiger charge is -2.38. The highest BCUT2D eigenvalue weighted by atomic mass is 32.1. The Hall–Kier alpha value is -2.96. The summed E-state index contributed by atoms with van der Waals surface area (Å²) < 4.78 is 34.7. The number of hydrazine groups is 1. The van der Waals surface area contributed by atoms with Crippen molar-refractivity contribution in [2.75, 3.05) is 31.6 Å². The molecular formula is C18H18F2N8OS. The van der Waals surface area contributed by atoms with Crippen molar-refractivity contribution >= 4 is 39.7 Å². The number of thiazole rings is 1. The van der Waals surface area contributed by atoms with Crippen LogP contribution in [-0.2, 0) is 4.74 Å². The molecule has 0 spiro atoms. The Morgan fingerprint density at radius 1 is 1.20 bits per heavy atom. The van der Waals surface area contributed by atoms with Crippen LogP contribution < -0.4 is 5.32 Å². The largest absolute Gasteiger partial charge is 0.379 e. The molecule has 2 aliphatic rings. The molecule has 1 aromatic carbocycles. The summed E-state index contributed by atoms with van der Waals surface area (Å²) in [6.45, 7) is 2.25. The molecule has 0 amide bonds. The smallest absolute Gasteiger partial charge is 0.296 e. The highest BCUT2D eigenvalue weighted by Gasteiger charge is 2.31. The molecule has 0 bridgehead atoms. The van der Waals surface area contributed by atoms with Crippen LogP contribution in [0, 0.1) is 0 Å². The van der Waals surface area contributed by atoms with Gasteiger partial charge in [0.15, 0.2) is 5.82 Å². The summed E-state index contributed by atoms with van der Waals surface area (Å²) in [7, 11) is 0. The number of ether oxygens (including phenoxy) is 1. The SMILES string of the molecule is FC(F)c1nc2ccccc2n1C1=NC(Nc2cncs2)N=CN1N1CCOCC1. The number of halogens is 2. The number of morpholine rings is 1. The van der Waals surface area contributed by atoms with Crippen molar-refractivity contribution in [2.24, 2.45) is 9.98 Å². The van der Waals surface area contributed by atoms with E-state index in [1.54, 1.807) is 47.3 Å². The fourth-order valence-electron chi connectivity index (χ4n) is 3.39. The van der Waals surface area contributed by atoms with E-state index in [9.17, 15) is 8.78 Å². The van der Waals surface area contributed by atoms with Crippen LogP contribution in [0.4, 0.5) is 13.8 Å². The van der Waals surface area contributed by atoms with E-state index in [2.05, 4.69) is 25.3 Å². The zero-order valence-electron chi connectivity index (χ0n) is 15.7. The summed E-state index contributed by atoms with van der Waals surface area (Å²) in [6.07, 6.45) is -0.167. The second-order valence-electron chi connectivity index (χ2n) is 6.58. The molecule has 1 fully saturated rings. The molecule has 0 aliphatic carbocycles. The number of fused-ring (bicyclic) bond motifs is 1. The number of para-hydroxylation sites is 2. The van der Waals surface area contributed by atoms with Crippen LogP contribution >= 0.6 is 11.3 Å². The molecule has 9 nitrogen and oxygen atoms in total. The third-order valence-corrected chi connectivity index (χ3v) is 5.44. The van der Waals surface area contributed by atoms with Crippen LogP contribution in [0.2, 0.25) is 0 Å². The highest BCUT2D eigenvalue weighted by Crippen LogP contribution is 2.26. The number of benzene rings is 1. The fraction of sp³-hybridized carbons (Fsp3) is 0.333. The molecule has 1 N–H and O–H groups in total. The zero-order chi connectivity index (χ0) is 20.5. The number of imidazole rings is 1. The van der Waals surface area contributed by atoms with Gasteiger partial charge in [-0.3, -0.25) is 9.55 Å². The molecule has 30 heavy (non-hydrogen) atoms. The summed E-state index contributed by atoms with van der Waals surface area (Å²) in [5, 5.41) is 7.61. The van der Waals surface area contributed by atoms with Crippen LogP contribution in [0.25, 0.3) is 11.0 Å². The standard InChI is InChI=1S/C18H18F2N8OS/c19-15(20)16-23-12-3-1-2-4-13(12)28(16)18-25-17(24-14-9-21-11-30-14)22-10-27(18)26-5-7-29-8-6-26/h1-4,9-11,15,17,24H,5-8H2. The molecule has 1 unspecified atom stereocenters. The van der Waals surface area contributed by atoms with E-state index in [-0.39, 0.29) is 5.82 Å². The van der Waals surface area contributed by atoms with Crippen LogP contribution in [0.3, 0.4) is 0 Å². The molecule has 12 heteroatoms. The van der Waals surface area contributed by atoms with Gasteiger partial charge >= 0.3 is 0 Å². The summed E-state index contributed by atoms with van der Waals surface area (Å²) in [6, 6.07) is 7.03. The summed E-state index contributed by atoms with van der Waals surface area (Å²) in [5.41, 5.74) is 2.72. The highest BCUT2D eigenvalue weighted by molar-refractivity contribution is 7.13. The zero-order valence-corrected chi connectivity index (χ0v) is 16.5. The number of anilines is 1. The van der Waals surface area contributed by atoms with Gasteiger partial charge in [0.1, 0.15) is 11.3 Å². The van der Waals surface area contributed by atoms with Crippen LogP contribution in [0.1, 0.15) is 12.2 Å². The van der Waals surface area contributed by atoms with Crippen molar-refractivity contribution in [1.82, 2.24) is 24.6 Å². The van der Waals surface area contributed by atoms with Crippen molar-refractivity contribution in [1.29, 1.82) is 0 Å². The van der Waals surface area contributed by atoms with E-state index in [0.29, 0.717) is 43.3 Å². The topological polar surface area (TPSA) is 83.2 Å². The molecular weight excluding hydrogens is 414 g/mol. The molecule has 0 saturated carbocycles. The molecule has 156 valence electrons. The maximum absolute atomic E-state index is 13.9. The minimum absolute atomic E-state index is 0.304. The summed E-state index contributed by atoms with van der Waals surface area (Å²) >= 11 is 1.41. The van der Waals surface area contributed by atoms with Crippen molar-refractivity contribution in [3.8, 4) is 0 Å². The Balaban J connectivity index is 1.61. The Kier molecular flexibility index (Phi) is 5.11. The Morgan fingerprint density at radius 3 is 2.80 bits per heavy atom. The van der Waals surface area contributed by atoms with E-state index in [1.165, 1.54) is 15.9 Å². The first-order valence-electron chi connectivity index (χ1n) is 9.34. The Morgan fingerprint density at radius 2 is 2.03 bits per heavy atom. The van der Waals surface area contributed by atoms with Gasteiger partial charge in [-0.25, -0.2) is 33.8 Å². The van der Waals surface area contributed by atoms with Crippen molar-refractivity contribution in [3.63, 3.8) is 0 Å². The van der Waals surface area contributed by atoms with Crippen LogP contribution in [0.15, 0.2) is 46.0 Å². The van der Waals surface area contributed by atoms with Crippen LogP contribution in [-0.4, -0.2) is 69.4 Å². The van der Waals surface area contributed by atoms with E-state index in [1.807, 2.05) is 5.01 Å². The fourth-order valence-corrected chi connectivity index (χ4v) is 3.92. The second-order valence-corrected chi connectivity index (χ2v) is 7.47. The predicted octanol–water partition coefficient (Wildman–Crippen LogP) is 2.62. The lowest BCUT2D eigenvalue weighted by molar-refractivity contribution is -0.0203. The number of hydrogen-bond donors (Lipinski definition) is 1. The average molecular weight is 432 g/mol. The first kappa shape index (κ1) is 19.0. The molecule has 2 aromatic heterocycles. The number of aromatic nitrogens is 3. The third kappa shape index (κ3) is 3.53. The van der Waals surface area contributed by atoms with Gasteiger partial charge in [0, 0.05) is 13.1 Å². The van der Waals surface area contributed by atoms with Gasteiger partial charge in [-0.2, -0.15) is 0 Å². The molecule has 1 saturated heterocycles. The van der Waals surface area contributed by atoms with Gasteiger partial charge < -0.3 is 10.1 Å². The number of nitrogens with zero attached hydrogens (tertiary/aromatic N) is 7. The number of rotatable bonds is 4.